The first kappa shape index (κ1) is 13.5. The van der Waals surface area contributed by atoms with Crippen molar-refractivity contribution in [2.45, 2.75) is 32.4 Å². The Labute approximate surface area is 112 Å². The Bertz CT molecular complexity index is 481. The van der Waals surface area contributed by atoms with Crippen molar-refractivity contribution in [1.29, 1.82) is 0 Å². The molecule has 1 atom stereocenters. The average molecular weight is 261 g/mol. The number of carbonyl (C=O) groups is 2. The van der Waals surface area contributed by atoms with E-state index in [4.69, 9.17) is 5.73 Å². The minimum atomic E-state index is -0.516. The lowest BCUT2D eigenvalue weighted by Crippen LogP contribution is -2.37. The quantitative estimate of drug-likeness (QED) is 0.739. The fourth-order valence-corrected chi connectivity index (χ4v) is 1.70. The Morgan fingerprint density at radius 1 is 1.42 bits per heavy atom. The number of rotatable bonds is 5. The van der Waals surface area contributed by atoms with E-state index in [1.165, 1.54) is 0 Å². The molecule has 5 heteroatoms. The second kappa shape index (κ2) is 5.84. The monoisotopic (exact) mass is 261 g/mol. The van der Waals surface area contributed by atoms with Gasteiger partial charge < -0.3 is 16.4 Å². The molecular weight excluding hydrogens is 242 g/mol. The van der Waals surface area contributed by atoms with Crippen LogP contribution in [0.15, 0.2) is 24.3 Å². The topological polar surface area (TPSA) is 84.2 Å². The fraction of sp³-hybridized carbons (Fsp3) is 0.429. The van der Waals surface area contributed by atoms with Gasteiger partial charge in [0.05, 0.1) is 6.04 Å². The standard InChI is InChI=1S/C14H19N3O2/c1-9(15)13(18)16-8-10-3-2-4-12(7-10)17-14(19)11-5-6-11/h2-4,7,9,11H,5-6,8,15H2,1H3,(H,16,18)(H,17,19)/t9-/m1/s1. The number of benzene rings is 1. The van der Waals surface area contributed by atoms with E-state index in [2.05, 4.69) is 10.6 Å². The highest BCUT2D eigenvalue weighted by Gasteiger charge is 2.29. The number of carbonyl (C=O) groups excluding carboxylic acids is 2. The number of hydrogen-bond acceptors (Lipinski definition) is 3. The maximum absolute atomic E-state index is 11.6. The number of anilines is 1. The molecule has 19 heavy (non-hydrogen) atoms. The Hall–Kier alpha value is -1.88. The highest BCUT2D eigenvalue weighted by Crippen LogP contribution is 2.30. The molecule has 1 saturated carbocycles. The van der Waals surface area contributed by atoms with Crippen molar-refractivity contribution in [3.63, 3.8) is 0 Å². The largest absolute Gasteiger partial charge is 0.351 e. The molecule has 0 bridgehead atoms. The average Bonchev–Trinajstić information content (AvgIpc) is 3.20. The zero-order valence-corrected chi connectivity index (χ0v) is 11.0. The summed E-state index contributed by atoms with van der Waals surface area (Å²) < 4.78 is 0. The van der Waals surface area contributed by atoms with Gasteiger partial charge in [-0.15, -0.1) is 0 Å². The molecule has 1 aromatic carbocycles. The minimum Gasteiger partial charge on any atom is -0.351 e. The lowest BCUT2D eigenvalue weighted by atomic mass is 10.2. The predicted molar refractivity (Wildman–Crippen MR) is 73.3 cm³/mol. The Balaban J connectivity index is 1.90. The van der Waals surface area contributed by atoms with Crippen LogP contribution in [0.25, 0.3) is 0 Å². The summed E-state index contributed by atoms with van der Waals surface area (Å²) in [6.45, 7) is 2.05. The molecule has 1 aliphatic carbocycles. The van der Waals surface area contributed by atoms with E-state index in [0.29, 0.717) is 6.54 Å². The van der Waals surface area contributed by atoms with Gasteiger partial charge in [-0.2, -0.15) is 0 Å². The van der Waals surface area contributed by atoms with Gasteiger partial charge >= 0.3 is 0 Å². The first-order valence-corrected chi connectivity index (χ1v) is 6.49. The number of nitrogens with two attached hydrogens (primary N) is 1. The molecule has 0 unspecified atom stereocenters. The first-order chi connectivity index (χ1) is 9.06. The minimum absolute atomic E-state index is 0.0803. The summed E-state index contributed by atoms with van der Waals surface area (Å²) in [5.41, 5.74) is 7.17. The normalized spacial score (nSPS) is 15.7. The van der Waals surface area contributed by atoms with Gasteiger partial charge in [0.25, 0.3) is 0 Å². The van der Waals surface area contributed by atoms with Crippen LogP contribution in [0.4, 0.5) is 5.69 Å². The van der Waals surface area contributed by atoms with Crippen molar-refractivity contribution in [3.05, 3.63) is 29.8 Å². The summed E-state index contributed by atoms with van der Waals surface area (Å²) in [5, 5.41) is 5.62. The first-order valence-electron chi connectivity index (χ1n) is 6.49. The van der Waals surface area contributed by atoms with E-state index in [1.54, 1.807) is 6.92 Å². The molecule has 5 nitrogen and oxygen atoms in total. The maximum atomic E-state index is 11.6. The zero-order chi connectivity index (χ0) is 13.8. The molecule has 2 amide bonds. The molecule has 0 heterocycles. The van der Waals surface area contributed by atoms with Crippen LogP contribution >= 0.6 is 0 Å². The highest BCUT2D eigenvalue weighted by molar-refractivity contribution is 5.94. The summed E-state index contributed by atoms with van der Waals surface area (Å²) >= 11 is 0. The van der Waals surface area contributed by atoms with Crippen LogP contribution < -0.4 is 16.4 Å². The van der Waals surface area contributed by atoms with Crippen LogP contribution in [0.3, 0.4) is 0 Å². The molecule has 1 aliphatic rings. The van der Waals surface area contributed by atoms with Crippen LogP contribution in [0.5, 0.6) is 0 Å². The molecule has 0 aromatic heterocycles. The van der Waals surface area contributed by atoms with Crippen LogP contribution in [0.1, 0.15) is 25.3 Å². The Morgan fingerprint density at radius 2 is 2.16 bits per heavy atom. The molecule has 102 valence electrons. The maximum Gasteiger partial charge on any atom is 0.236 e. The van der Waals surface area contributed by atoms with Crippen molar-refractivity contribution < 1.29 is 9.59 Å². The molecule has 0 saturated heterocycles. The van der Waals surface area contributed by atoms with E-state index in [1.807, 2.05) is 24.3 Å². The summed E-state index contributed by atoms with van der Waals surface area (Å²) in [7, 11) is 0. The second-order valence-electron chi connectivity index (χ2n) is 4.97. The molecular formula is C14H19N3O2. The van der Waals surface area contributed by atoms with Crippen molar-refractivity contribution in [2.24, 2.45) is 11.7 Å². The van der Waals surface area contributed by atoms with Crippen LogP contribution in [0.2, 0.25) is 0 Å². The van der Waals surface area contributed by atoms with Gasteiger partial charge in [0, 0.05) is 18.2 Å². The van der Waals surface area contributed by atoms with Crippen molar-refractivity contribution in [2.75, 3.05) is 5.32 Å². The zero-order valence-electron chi connectivity index (χ0n) is 11.0. The van der Waals surface area contributed by atoms with Gasteiger partial charge in [0.15, 0.2) is 0 Å². The molecule has 4 N–H and O–H groups in total. The lowest BCUT2D eigenvalue weighted by Gasteiger charge is -2.09. The molecule has 0 aliphatic heterocycles. The summed E-state index contributed by atoms with van der Waals surface area (Å²) in [6, 6.07) is 6.95. The van der Waals surface area contributed by atoms with Crippen LogP contribution in [0, 0.1) is 5.92 Å². The smallest absolute Gasteiger partial charge is 0.236 e. The van der Waals surface area contributed by atoms with Gasteiger partial charge in [-0.05, 0) is 37.5 Å². The van der Waals surface area contributed by atoms with Gasteiger partial charge in [-0.3, -0.25) is 9.59 Å². The summed E-state index contributed by atoms with van der Waals surface area (Å²) in [5.74, 6) is 0.0747. The third-order valence-electron chi connectivity index (χ3n) is 3.02. The predicted octanol–water partition coefficient (Wildman–Crippen LogP) is 0.998. The Morgan fingerprint density at radius 3 is 2.79 bits per heavy atom. The van der Waals surface area contributed by atoms with E-state index in [0.717, 1.165) is 24.1 Å². The summed E-state index contributed by atoms with van der Waals surface area (Å²) in [6.07, 6.45) is 1.96. The fourth-order valence-electron chi connectivity index (χ4n) is 1.70. The highest BCUT2D eigenvalue weighted by atomic mass is 16.2. The van der Waals surface area contributed by atoms with E-state index in [-0.39, 0.29) is 17.7 Å². The third kappa shape index (κ3) is 4.06. The SMILES string of the molecule is C[C@@H](N)C(=O)NCc1cccc(NC(=O)C2CC2)c1. The Kier molecular flexibility index (Phi) is 4.16. The molecule has 0 spiro atoms. The van der Waals surface area contributed by atoms with Crippen LogP contribution in [-0.2, 0) is 16.1 Å². The second-order valence-corrected chi connectivity index (χ2v) is 4.97. The van der Waals surface area contributed by atoms with E-state index < -0.39 is 6.04 Å². The summed E-state index contributed by atoms with van der Waals surface area (Å²) in [4.78, 5) is 23.0. The molecule has 1 fully saturated rings. The van der Waals surface area contributed by atoms with Crippen molar-refractivity contribution in [1.82, 2.24) is 5.32 Å². The van der Waals surface area contributed by atoms with Gasteiger partial charge in [0.2, 0.25) is 11.8 Å². The van der Waals surface area contributed by atoms with E-state index >= 15 is 0 Å². The van der Waals surface area contributed by atoms with Crippen molar-refractivity contribution >= 4 is 17.5 Å². The lowest BCUT2D eigenvalue weighted by molar-refractivity contribution is -0.122. The van der Waals surface area contributed by atoms with Crippen molar-refractivity contribution in [3.8, 4) is 0 Å². The van der Waals surface area contributed by atoms with Gasteiger partial charge in [-0.1, -0.05) is 12.1 Å². The number of hydrogen-bond donors (Lipinski definition) is 3. The van der Waals surface area contributed by atoms with Gasteiger partial charge in [-0.25, -0.2) is 0 Å². The van der Waals surface area contributed by atoms with Gasteiger partial charge in [0.1, 0.15) is 0 Å². The van der Waals surface area contributed by atoms with E-state index in [9.17, 15) is 9.59 Å². The number of amides is 2. The van der Waals surface area contributed by atoms with Crippen LogP contribution in [-0.4, -0.2) is 17.9 Å². The number of nitrogens with one attached hydrogen (secondary N) is 2. The molecule has 0 radical (unpaired) electrons. The molecule has 1 aromatic rings. The molecule has 2 rings (SSSR count). The third-order valence-corrected chi connectivity index (χ3v) is 3.02.